The van der Waals surface area contributed by atoms with Gasteiger partial charge in [0.1, 0.15) is 35.6 Å². The highest BCUT2D eigenvalue weighted by atomic mass is 16.7. The van der Waals surface area contributed by atoms with E-state index in [2.05, 4.69) is 0 Å². The first kappa shape index (κ1) is 39.0. The SMILES string of the molecule is CC[C@@]1(O)C[C@H](O[C@H]2C[C@H](O)[C@H](O[C@H]3CC[C@H](O[C@H]4C[C@H](O)[C@H](O)[C@H](C)O4)[C@H](C)O3)[C@H](C)O2)c2c(O)c3c(c(O)c2[C@H]1O)C(=O)c1cccc(O)c1C3=O. The third kappa shape index (κ3) is 6.60. The number of carbonyl (C=O) groups is 2. The summed E-state index contributed by atoms with van der Waals surface area (Å²) in [6, 6.07) is 3.86. The van der Waals surface area contributed by atoms with Gasteiger partial charge >= 0.3 is 0 Å². The molecule has 2 aliphatic carbocycles. The first-order valence-electron chi connectivity index (χ1n) is 18.4. The summed E-state index contributed by atoms with van der Waals surface area (Å²) >= 11 is 0. The Hall–Kier alpha value is -3.26. The Labute approximate surface area is 310 Å². The first-order chi connectivity index (χ1) is 25.5. The molecule has 3 aliphatic heterocycles. The van der Waals surface area contributed by atoms with E-state index in [0.717, 1.165) is 0 Å². The van der Waals surface area contributed by atoms with Crippen molar-refractivity contribution < 1.29 is 78.9 Å². The van der Waals surface area contributed by atoms with E-state index < -0.39 is 119 Å². The Balaban J connectivity index is 1.06. The average Bonchev–Trinajstić information content (AvgIpc) is 3.11. The molecule has 54 heavy (non-hydrogen) atoms. The molecule has 14 atom stereocenters. The van der Waals surface area contributed by atoms with Crippen LogP contribution in [0.5, 0.6) is 17.2 Å². The van der Waals surface area contributed by atoms with E-state index in [1.165, 1.54) is 18.2 Å². The van der Waals surface area contributed by atoms with Gasteiger partial charge in [-0.05, 0) is 39.7 Å². The molecule has 0 spiro atoms. The molecule has 16 heteroatoms. The predicted molar refractivity (Wildman–Crippen MR) is 183 cm³/mol. The minimum absolute atomic E-state index is 0.0294. The van der Waals surface area contributed by atoms with Crippen LogP contribution >= 0.6 is 0 Å². The third-order valence-electron chi connectivity index (χ3n) is 11.6. The molecular weight excluding hydrogens is 712 g/mol. The molecule has 16 nitrogen and oxygen atoms in total. The largest absolute Gasteiger partial charge is 0.507 e. The van der Waals surface area contributed by atoms with Crippen LogP contribution in [-0.2, 0) is 28.4 Å². The molecule has 0 aromatic heterocycles. The standard InChI is InChI=1S/C38H48O16/c1-5-38(48)13-22(27-30(37(38)47)35(46)28-29(34(27)45)33(44)26-17(32(28)43)7-6-8-18(26)39)53-25-12-20(41)36(16(4)51-25)54-23-10-9-21(14(2)49-23)52-24-11-19(40)31(42)15(3)50-24/h6-8,14-16,19-25,31,36-37,39-42,45-48H,5,9-13H2,1-4H3/t14-,15-,16-,19-,20-,21-,22-,23-,24-,25-,31+,36+,37+,38+/m0/s1. The fraction of sp³-hybridized carbons (Fsp3) is 0.632. The summed E-state index contributed by atoms with van der Waals surface area (Å²) in [5, 5.41) is 88.0. The lowest BCUT2D eigenvalue weighted by atomic mass is 9.70. The molecule has 0 saturated carbocycles. The van der Waals surface area contributed by atoms with Gasteiger partial charge in [-0.1, -0.05) is 19.1 Å². The van der Waals surface area contributed by atoms with Gasteiger partial charge in [-0.3, -0.25) is 9.59 Å². The maximum absolute atomic E-state index is 13.7. The van der Waals surface area contributed by atoms with Gasteiger partial charge in [0, 0.05) is 42.4 Å². The van der Waals surface area contributed by atoms with Crippen LogP contribution in [0, 0.1) is 0 Å². The normalized spacial score (nSPS) is 39.5. The molecule has 8 N–H and O–H groups in total. The highest BCUT2D eigenvalue weighted by Gasteiger charge is 2.52. The van der Waals surface area contributed by atoms with Crippen LogP contribution in [0.25, 0.3) is 0 Å². The van der Waals surface area contributed by atoms with Crippen molar-refractivity contribution in [2.75, 3.05) is 0 Å². The fourth-order valence-corrected chi connectivity index (χ4v) is 8.47. The molecule has 3 heterocycles. The number of benzene rings is 2. The zero-order valence-electron chi connectivity index (χ0n) is 30.3. The van der Waals surface area contributed by atoms with Crippen molar-refractivity contribution in [1.82, 2.24) is 0 Å². The van der Waals surface area contributed by atoms with Gasteiger partial charge in [-0.2, -0.15) is 0 Å². The number of hydrogen-bond donors (Lipinski definition) is 8. The zero-order valence-corrected chi connectivity index (χ0v) is 30.3. The summed E-state index contributed by atoms with van der Waals surface area (Å²) < 4.78 is 36.4. The van der Waals surface area contributed by atoms with Gasteiger partial charge in [0.15, 0.2) is 24.7 Å². The van der Waals surface area contributed by atoms with Crippen LogP contribution in [0.4, 0.5) is 0 Å². The second-order valence-electron chi connectivity index (χ2n) is 15.1. The molecule has 0 bridgehead atoms. The molecule has 0 unspecified atom stereocenters. The molecule has 5 aliphatic rings. The van der Waals surface area contributed by atoms with E-state index in [1.807, 2.05) is 6.92 Å². The molecular formula is C38H48O16. The highest BCUT2D eigenvalue weighted by Crippen LogP contribution is 2.56. The number of fused-ring (bicyclic) bond motifs is 3. The Bertz CT molecular complexity index is 1760. The van der Waals surface area contributed by atoms with E-state index in [-0.39, 0.29) is 54.0 Å². The van der Waals surface area contributed by atoms with Crippen molar-refractivity contribution in [3.8, 4) is 17.2 Å². The lowest BCUT2D eigenvalue weighted by Gasteiger charge is -2.45. The Kier molecular flexibility index (Phi) is 10.6. The van der Waals surface area contributed by atoms with E-state index in [0.29, 0.717) is 12.8 Å². The van der Waals surface area contributed by atoms with E-state index >= 15 is 0 Å². The van der Waals surface area contributed by atoms with Crippen molar-refractivity contribution in [1.29, 1.82) is 0 Å². The third-order valence-corrected chi connectivity index (χ3v) is 11.6. The number of aliphatic hydroxyl groups excluding tert-OH is 4. The summed E-state index contributed by atoms with van der Waals surface area (Å²) in [6.45, 7) is 6.73. The van der Waals surface area contributed by atoms with Crippen LogP contribution in [0.2, 0.25) is 0 Å². The van der Waals surface area contributed by atoms with Crippen LogP contribution in [0.1, 0.15) is 121 Å². The molecule has 0 amide bonds. The number of phenolic OH excluding ortho intramolecular Hbond substituents is 3. The number of ether oxygens (including phenoxy) is 6. The summed E-state index contributed by atoms with van der Waals surface area (Å²) in [4.78, 5) is 27.3. The van der Waals surface area contributed by atoms with E-state index in [9.17, 15) is 50.4 Å². The van der Waals surface area contributed by atoms with Crippen LogP contribution in [0.3, 0.4) is 0 Å². The van der Waals surface area contributed by atoms with Crippen molar-refractivity contribution in [2.24, 2.45) is 0 Å². The van der Waals surface area contributed by atoms with Crippen LogP contribution in [-0.4, -0.2) is 126 Å². The van der Waals surface area contributed by atoms with Gasteiger partial charge in [0.05, 0.1) is 65.0 Å². The number of carbonyl (C=O) groups excluding carboxylic acids is 2. The number of ketones is 2. The molecule has 2 aromatic rings. The molecule has 7 rings (SSSR count). The maximum atomic E-state index is 13.7. The Morgan fingerprint density at radius 2 is 1.37 bits per heavy atom. The lowest BCUT2D eigenvalue weighted by Crippen LogP contribution is -2.53. The van der Waals surface area contributed by atoms with Gasteiger partial charge in [-0.25, -0.2) is 0 Å². The number of aliphatic hydroxyl groups is 5. The molecule has 3 saturated heterocycles. The number of aromatic hydroxyl groups is 3. The topological polar surface area (TPSA) is 251 Å². The van der Waals surface area contributed by atoms with E-state index in [1.54, 1.807) is 20.8 Å². The van der Waals surface area contributed by atoms with Gasteiger partial charge in [0.2, 0.25) is 5.78 Å². The number of phenols is 3. The molecule has 3 fully saturated rings. The van der Waals surface area contributed by atoms with Gasteiger partial charge in [-0.15, -0.1) is 0 Å². The van der Waals surface area contributed by atoms with Crippen LogP contribution in [0.15, 0.2) is 18.2 Å². The zero-order chi connectivity index (χ0) is 39.0. The summed E-state index contributed by atoms with van der Waals surface area (Å²) in [5.74, 6) is -3.86. The average molecular weight is 761 g/mol. The second kappa shape index (κ2) is 14.7. The predicted octanol–water partition coefficient (Wildman–Crippen LogP) is 1.86. The van der Waals surface area contributed by atoms with E-state index in [4.69, 9.17) is 28.4 Å². The monoisotopic (exact) mass is 760 g/mol. The highest BCUT2D eigenvalue weighted by molar-refractivity contribution is 6.31. The lowest BCUT2D eigenvalue weighted by molar-refractivity contribution is -0.324. The number of rotatable bonds is 7. The Morgan fingerprint density at radius 3 is 2.04 bits per heavy atom. The van der Waals surface area contributed by atoms with Crippen LogP contribution < -0.4 is 0 Å². The number of hydrogen-bond acceptors (Lipinski definition) is 16. The molecule has 296 valence electrons. The van der Waals surface area contributed by atoms with Crippen molar-refractivity contribution in [3.05, 3.63) is 51.6 Å². The van der Waals surface area contributed by atoms with Gasteiger partial charge in [0.25, 0.3) is 0 Å². The second-order valence-corrected chi connectivity index (χ2v) is 15.1. The van der Waals surface area contributed by atoms with Crippen molar-refractivity contribution in [2.45, 2.75) is 152 Å². The summed E-state index contributed by atoms with van der Waals surface area (Å²) in [6.07, 6.45) is -11.3. The minimum Gasteiger partial charge on any atom is -0.507 e. The molecule has 2 aromatic carbocycles. The van der Waals surface area contributed by atoms with Gasteiger partial charge < -0.3 is 69.3 Å². The summed E-state index contributed by atoms with van der Waals surface area (Å²) in [7, 11) is 0. The smallest absolute Gasteiger partial charge is 0.202 e. The summed E-state index contributed by atoms with van der Waals surface area (Å²) in [5.41, 5.74) is -4.22. The fourth-order valence-electron chi connectivity index (χ4n) is 8.47. The quantitative estimate of drug-likeness (QED) is 0.160. The van der Waals surface area contributed by atoms with Crippen molar-refractivity contribution >= 4 is 11.6 Å². The van der Waals surface area contributed by atoms with Crippen molar-refractivity contribution in [3.63, 3.8) is 0 Å². The minimum atomic E-state index is -1.91. The maximum Gasteiger partial charge on any atom is 0.202 e. The molecule has 0 radical (unpaired) electrons. The first-order valence-corrected chi connectivity index (χ1v) is 18.4. The Morgan fingerprint density at radius 1 is 0.741 bits per heavy atom.